The van der Waals surface area contributed by atoms with Crippen molar-refractivity contribution in [1.29, 1.82) is 0 Å². The van der Waals surface area contributed by atoms with E-state index in [1.54, 1.807) is 53.4 Å². The van der Waals surface area contributed by atoms with Crippen molar-refractivity contribution >= 4 is 23.5 Å². The molecule has 4 rings (SSSR count). The van der Waals surface area contributed by atoms with Crippen molar-refractivity contribution in [2.45, 2.75) is 19.3 Å². The summed E-state index contributed by atoms with van der Waals surface area (Å²) in [5.41, 5.74) is 0.793. The molecule has 1 saturated carbocycles. The van der Waals surface area contributed by atoms with Crippen LogP contribution in [0.1, 0.15) is 35.2 Å². The molecule has 1 aliphatic carbocycles. The Balaban J connectivity index is 1.47. The maximum Gasteiger partial charge on any atom is 0.321 e. The SMILES string of the molecule is O=C(c1ccccc1)c1cccc(NC(=O)N2C[C@@H]3CCC[C@@]3(C(=O)O)C2)c1. The fraction of sp³-hybridized carbons (Fsp3) is 0.318. The summed E-state index contributed by atoms with van der Waals surface area (Å²) in [7, 11) is 0. The molecule has 2 atom stereocenters. The molecule has 6 nitrogen and oxygen atoms in total. The summed E-state index contributed by atoms with van der Waals surface area (Å²) in [5, 5.41) is 12.5. The van der Waals surface area contributed by atoms with Crippen molar-refractivity contribution in [2.24, 2.45) is 11.3 Å². The van der Waals surface area contributed by atoms with Crippen LogP contribution in [-0.4, -0.2) is 40.9 Å². The van der Waals surface area contributed by atoms with Crippen molar-refractivity contribution in [3.05, 3.63) is 65.7 Å². The van der Waals surface area contributed by atoms with E-state index >= 15 is 0 Å². The highest BCUT2D eigenvalue weighted by molar-refractivity contribution is 6.09. The van der Waals surface area contributed by atoms with Crippen LogP contribution in [0, 0.1) is 11.3 Å². The van der Waals surface area contributed by atoms with Gasteiger partial charge < -0.3 is 15.3 Å². The maximum atomic E-state index is 12.7. The lowest BCUT2D eigenvalue weighted by molar-refractivity contribution is -0.149. The number of amides is 2. The Bertz CT molecular complexity index is 927. The zero-order valence-electron chi connectivity index (χ0n) is 15.4. The van der Waals surface area contributed by atoms with Crippen molar-refractivity contribution < 1.29 is 19.5 Å². The van der Waals surface area contributed by atoms with Crippen LogP contribution in [0.3, 0.4) is 0 Å². The summed E-state index contributed by atoms with van der Waals surface area (Å²) < 4.78 is 0. The second kappa shape index (κ2) is 7.11. The third-order valence-corrected chi connectivity index (χ3v) is 6.00. The minimum Gasteiger partial charge on any atom is -0.481 e. The van der Waals surface area contributed by atoms with Gasteiger partial charge in [-0.05, 0) is 30.9 Å². The molecule has 2 fully saturated rings. The van der Waals surface area contributed by atoms with E-state index in [9.17, 15) is 19.5 Å². The first-order valence-electron chi connectivity index (χ1n) is 9.49. The first kappa shape index (κ1) is 18.2. The van der Waals surface area contributed by atoms with Gasteiger partial charge in [0.1, 0.15) is 0 Å². The topological polar surface area (TPSA) is 86.7 Å². The molecule has 28 heavy (non-hydrogen) atoms. The van der Waals surface area contributed by atoms with Crippen LogP contribution >= 0.6 is 0 Å². The van der Waals surface area contributed by atoms with Gasteiger partial charge in [-0.2, -0.15) is 0 Å². The van der Waals surface area contributed by atoms with Gasteiger partial charge in [0.2, 0.25) is 0 Å². The number of carboxylic acid groups (broad SMARTS) is 1. The monoisotopic (exact) mass is 378 g/mol. The molecular weight excluding hydrogens is 356 g/mol. The Kier molecular flexibility index (Phi) is 4.63. The van der Waals surface area contributed by atoms with Gasteiger partial charge in [0.15, 0.2) is 5.78 Å². The number of fused-ring (bicyclic) bond motifs is 1. The molecule has 2 aromatic carbocycles. The van der Waals surface area contributed by atoms with Gasteiger partial charge in [-0.25, -0.2) is 4.79 Å². The molecule has 2 N–H and O–H groups in total. The number of hydrogen-bond acceptors (Lipinski definition) is 3. The quantitative estimate of drug-likeness (QED) is 0.796. The number of likely N-dealkylation sites (tertiary alicyclic amines) is 1. The lowest BCUT2D eigenvalue weighted by Crippen LogP contribution is -2.38. The first-order valence-corrected chi connectivity index (χ1v) is 9.49. The summed E-state index contributed by atoms with van der Waals surface area (Å²) in [4.78, 5) is 38.7. The Morgan fingerprint density at radius 1 is 1.04 bits per heavy atom. The molecule has 2 aliphatic rings. The number of ketones is 1. The summed E-state index contributed by atoms with van der Waals surface area (Å²) in [5.74, 6) is -0.903. The van der Waals surface area contributed by atoms with Gasteiger partial charge in [-0.3, -0.25) is 9.59 Å². The molecule has 2 amide bonds. The zero-order chi connectivity index (χ0) is 19.7. The second-order valence-corrected chi connectivity index (χ2v) is 7.64. The molecular formula is C22H22N2O4. The number of nitrogens with zero attached hydrogens (tertiary/aromatic N) is 1. The Morgan fingerprint density at radius 3 is 2.50 bits per heavy atom. The van der Waals surface area contributed by atoms with Gasteiger partial charge in [-0.1, -0.05) is 48.9 Å². The van der Waals surface area contributed by atoms with Crippen molar-refractivity contribution in [2.75, 3.05) is 18.4 Å². The molecule has 6 heteroatoms. The van der Waals surface area contributed by atoms with Gasteiger partial charge in [-0.15, -0.1) is 0 Å². The number of carboxylic acids is 1. The van der Waals surface area contributed by atoms with E-state index < -0.39 is 11.4 Å². The Hall–Kier alpha value is -3.15. The maximum absolute atomic E-state index is 12.7. The fourth-order valence-electron chi connectivity index (χ4n) is 4.49. The lowest BCUT2D eigenvalue weighted by Gasteiger charge is -2.23. The third-order valence-electron chi connectivity index (χ3n) is 6.00. The van der Waals surface area contributed by atoms with Gasteiger partial charge >= 0.3 is 12.0 Å². The van der Waals surface area contributed by atoms with Gasteiger partial charge in [0.25, 0.3) is 0 Å². The average molecular weight is 378 g/mol. The number of aliphatic carboxylic acids is 1. The highest BCUT2D eigenvalue weighted by Crippen LogP contribution is 2.48. The molecule has 0 aromatic heterocycles. The predicted molar refractivity (Wildman–Crippen MR) is 104 cm³/mol. The molecule has 144 valence electrons. The lowest BCUT2D eigenvalue weighted by atomic mass is 9.81. The summed E-state index contributed by atoms with van der Waals surface area (Å²) in [6.07, 6.45) is 2.37. The number of carbonyl (C=O) groups excluding carboxylic acids is 2. The molecule has 0 spiro atoms. The highest BCUT2D eigenvalue weighted by atomic mass is 16.4. The van der Waals surface area contributed by atoms with Crippen LogP contribution in [0.15, 0.2) is 54.6 Å². The van der Waals surface area contributed by atoms with E-state index in [1.165, 1.54) is 0 Å². The molecule has 1 aliphatic heterocycles. The van der Waals surface area contributed by atoms with Crippen LogP contribution in [-0.2, 0) is 4.79 Å². The molecule has 2 aromatic rings. The smallest absolute Gasteiger partial charge is 0.321 e. The normalized spacial score (nSPS) is 23.3. The third kappa shape index (κ3) is 3.15. The molecule has 0 radical (unpaired) electrons. The predicted octanol–water partition coefficient (Wildman–Crippen LogP) is 3.64. The van der Waals surface area contributed by atoms with E-state index in [2.05, 4.69) is 5.32 Å². The summed E-state index contributed by atoms with van der Waals surface area (Å²) in [6.45, 7) is 0.697. The minimum absolute atomic E-state index is 0.0155. The zero-order valence-corrected chi connectivity index (χ0v) is 15.4. The molecule has 1 heterocycles. The van der Waals surface area contributed by atoms with Gasteiger partial charge in [0, 0.05) is 29.9 Å². The van der Waals surface area contributed by atoms with E-state index in [4.69, 9.17) is 0 Å². The Labute approximate surface area is 163 Å². The van der Waals surface area contributed by atoms with E-state index in [-0.39, 0.29) is 24.3 Å². The van der Waals surface area contributed by atoms with Crippen LogP contribution in [0.2, 0.25) is 0 Å². The largest absolute Gasteiger partial charge is 0.481 e. The number of benzene rings is 2. The number of carbonyl (C=O) groups is 3. The van der Waals surface area contributed by atoms with Crippen molar-refractivity contribution in [1.82, 2.24) is 4.90 Å². The molecule has 1 saturated heterocycles. The van der Waals surface area contributed by atoms with Crippen LogP contribution in [0.5, 0.6) is 0 Å². The van der Waals surface area contributed by atoms with E-state index in [0.717, 1.165) is 12.8 Å². The van der Waals surface area contributed by atoms with E-state index in [0.29, 0.717) is 29.8 Å². The first-order chi connectivity index (χ1) is 13.5. The van der Waals surface area contributed by atoms with Crippen molar-refractivity contribution in [3.63, 3.8) is 0 Å². The Morgan fingerprint density at radius 2 is 1.79 bits per heavy atom. The second-order valence-electron chi connectivity index (χ2n) is 7.64. The van der Waals surface area contributed by atoms with Gasteiger partial charge in [0.05, 0.1) is 5.41 Å². The van der Waals surface area contributed by atoms with E-state index in [1.807, 2.05) is 6.07 Å². The van der Waals surface area contributed by atoms with Crippen LogP contribution < -0.4 is 5.32 Å². The number of hydrogen-bond donors (Lipinski definition) is 2. The standard InChI is InChI=1S/C22H22N2O4/c25-19(15-6-2-1-3-7-15)16-8-4-10-18(12-16)23-21(28)24-13-17-9-5-11-22(17,14-24)20(26)27/h1-4,6-8,10,12,17H,5,9,11,13-14H2,(H,23,28)(H,26,27)/t17-,22+/m0/s1. The van der Waals surface area contributed by atoms with Crippen LogP contribution in [0.4, 0.5) is 10.5 Å². The highest BCUT2D eigenvalue weighted by Gasteiger charge is 2.55. The number of nitrogens with one attached hydrogen (secondary N) is 1. The number of rotatable bonds is 4. The fourth-order valence-corrected chi connectivity index (χ4v) is 4.49. The summed E-state index contributed by atoms with van der Waals surface area (Å²) in [6, 6.07) is 15.5. The minimum atomic E-state index is -0.805. The van der Waals surface area contributed by atoms with Crippen LogP contribution in [0.25, 0.3) is 0 Å². The average Bonchev–Trinajstić information content (AvgIpc) is 3.27. The number of anilines is 1. The van der Waals surface area contributed by atoms with Crippen molar-refractivity contribution in [3.8, 4) is 0 Å². The summed E-state index contributed by atoms with van der Waals surface area (Å²) >= 11 is 0. The number of urea groups is 1. The molecule has 0 bridgehead atoms. The molecule has 0 unspecified atom stereocenters.